The average Bonchev–Trinajstić information content (AvgIpc) is 2.99. The van der Waals surface area contributed by atoms with Gasteiger partial charge in [0.2, 0.25) is 0 Å². The van der Waals surface area contributed by atoms with E-state index in [4.69, 9.17) is 9.47 Å². The Kier molecular flexibility index (Phi) is 3.77. The molecule has 0 radical (unpaired) electrons. The Balaban J connectivity index is 1.64. The third-order valence-corrected chi connectivity index (χ3v) is 3.20. The number of aromatic nitrogens is 2. The van der Waals surface area contributed by atoms with Crippen LogP contribution in [0.1, 0.15) is 17.3 Å². The summed E-state index contributed by atoms with van der Waals surface area (Å²) >= 11 is 0. The SMILES string of the molecule is CC(Cn1cccn1)NC(=O)c1ccc2c(c1)OCCO2. The third-order valence-electron chi connectivity index (χ3n) is 3.20. The fraction of sp³-hybridized carbons (Fsp3) is 0.333. The second-order valence-electron chi connectivity index (χ2n) is 4.96. The molecule has 6 nitrogen and oxygen atoms in total. The van der Waals surface area contributed by atoms with Crippen LogP contribution in [-0.4, -0.2) is 34.9 Å². The van der Waals surface area contributed by atoms with E-state index in [1.807, 2.05) is 19.2 Å². The van der Waals surface area contributed by atoms with Gasteiger partial charge in [-0.3, -0.25) is 9.48 Å². The minimum absolute atomic E-state index is 0.0226. The number of carbonyl (C=O) groups excluding carboxylic acids is 1. The molecule has 0 aliphatic carbocycles. The molecule has 3 rings (SSSR count). The number of amides is 1. The van der Waals surface area contributed by atoms with Crippen molar-refractivity contribution in [3.63, 3.8) is 0 Å². The molecule has 1 aromatic carbocycles. The van der Waals surface area contributed by atoms with E-state index in [9.17, 15) is 4.79 Å². The summed E-state index contributed by atoms with van der Waals surface area (Å²) < 4.78 is 12.7. The minimum atomic E-state index is -0.133. The molecule has 21 heavy (non-hydrogen) atoms. The van der Waals surface area contributed by atoms with Crippen molar-refractivity contribution in [1.82, 2.24) is 15.1 Å². The molecule has 6 heteroatoms. The summed E-state index contributed by atoms with van der Waals surface area (Å²) in [7, 11) is 0. The van der Waals surface area contributed by atoms with Gasteiger partial charge in [0.1, 0.15) is 13.2 Å². The highest BCUT2D eigenvalue weighted by Crippen LogP contribution is 2.30. The average molecular weight is 287 g/mol. The zero-order valence-electron chi connectivity index (χ0n) is 11.8. The predicted molar refractivity (Wildman–Crippen MR) is 76.6 cm³/mol. The van der Waals surface area contributed by atoms with Gasteiger partial charge in [-0.1, -0.05) is 0 Å². The van der Waals surface area contributed by atoms with Crippen LogP contribution in [0.15, 0.2) is 36.7 Å². The number of hydrogen-bond acceptors (Lipinski definition) is 4. The van der Waals surface area contributed by atoms with Crippen molar-refractivity contribution in [2.45, 2.75) is 19.5 Å². The molecule has 1 aliphatic heterocycles. The number of nitrogens with zero attached hydrogens (tertiary/aromatic N) is 2. The van der Waals surface area contributed by atoms with Crippen LogP contribution in [0.3, 0.4) is 0 Å². The Morgan fingerprint density at radius 1 is 1.38 bits per heavy atom. The first-order chi connectivity index (χ1) is 10.2. The maximum Gasteiger partial charge on any atom is 0.251 e. The summed E-state index contributed by atoms with van der Waals surface area (Å²) in [6, 6.07) is 7.05. The van der Waals surface area contributed by atoms with Crippen LogP contribution in [-0.2, 0) is 6.54 Å². The molecule has 1 atom stereocenters. The van der Waals surface area contributed by atoms with Crippen LogP contribution in [0.2, 0.25) is 0 Å². The molecule has 1 aliphatic rings. The molecule has 0 spiro atoms. The zero-order chi connectivity index (χ0) is 14.7. The standard InChI is InChI=1S/C15H17N3O3/c1-11(10-18-6-2-5-16-18)17-15(19)12-3-4-13-14(9-12)21-8-7-20-13/h2-6,9,11H,7-8,10H2,1H3,(H,17,19). The van der Waals surface area contributed by atoms with Gasteiger partial charge < -0.3 is 14.8 Å². The summed E-state index contributed by atoms with van der Waals surface area (Å²) in [4.78, 5) is 12.2. The molecule has 2 aromatic rings. The van der Waals surface area contributed by atoms with Crippen LogP contribution in [0, 0.1) is 0 Å². The predicted octanol–water partition coefficient (Wildman–Crippen LogP) is 1.47. The minimum Gasteiger partial charge on any atom is -0.486 e. The topological polar surface area (TPSA) is 65.4 Å². The number of fused-ring (bicyclic) bond motifs is 1. The van der Waals surface area contributed by atoms with Crippen LogP contribution in [0.4, 0.5) is 0 Å². The number of rotatable bonds is 4. The molecule has 0 saturated carbocycles. The van der Waals surface area contributed by atoms with E-state index < -0.39 is 0 Å². The fourth-order valence-corrected chi connectivity index (χ4v) is 2.23. The van der Waals surface area contributed by atoms with E-state index in [0.717, 1.165) is 0 Å². The number of ether oxygens (including phenoxy) is 2. The van der Waals surface area contributed by atoms with Gasteiger partial charge in [0.05, 0.1) is 6.54 Å². The monoisotopic (exact) mass is 287 g/mol. The van der Waals surface area contributed by atoms with Crippen LogP contribution in [0.25, 0.3) is 0 Å². The highest BCUT2D eigenvalue weighted by atomic mass is 16.6. The Labute approximate surface area is 122 Å². The van der Waals surface area contributed by atoms with E-state index in [0.29, 0.717) is 36.8 Å². The van der Waals surface area contributed by atoms with Gasteiger partial charge >= 0.3 is 0 Å². The fourth-order valence-electron chi connectivity index (χ4n) is 2.23. The molecule has 1 N–H and O–H groups in total. The molecule has 1 amide bonds. The van der Waals surface area contributed by atoms with Crippen molar-refractivity contribution in [3.8, 4) is 11.5 Å². The molecule has 2 heterocycles. The molecular formula is C15H17N3O3. The van der Waals surface area contributed by atoms with E-state index in [2.05, 4.69) is 10.4 Å². The lowest BCUT2D eigenvalue weighted by Gasteiger charge is -2.19. The highest BCUT2D eigenvalue weighted by Gasteiger charge is 2.16. The first kappa shape index (κ1) is 13.5. The number of carbonyl (C=O) groups is 1. The van der Waals surface area contributed by atoms with Crippen LogP contribution >= 0.6 is 0 Å². The summed E-state index contributed by atoms with van der Waals surface area (Å²) in [6.07, 6.45) is 3.59. The van der Waals surface area contributed by atoms with E-state index >= 15 is 0 Å². The largest absolute Gasteiger partial charge is 0.486 e. The zero-order valence-corrected chi connectivity index (χ0v) is 11.8. The Hall–Kier alpha value is -2.50. The lowest BCUT2D eigenvalue weighted by Crippen LogP contribution is -2.35. The van der Waals surface area contributed by atoms with Gasteiger partial charge in [0.25, 0.3) is 5.91 Å². The van der Waals surface area contributed by atoms with E-state index in [1.54, 1.807) is 29.1 Å². The molecule has 0 bridgehead atoms. The van der Waals surface area contributed by atoms with Crippen LogP contribution in [0.5, 0.6) is 11.5 Å². The van der Waals surface area contributed by atoms with Crippen molar-refractivity contribution >= 4 is 5.91 Å². The van der Waals surface area contributed by atoms with Crippen molar-refractivity contribution in [2.24, 2.45) is 0 Å². The van der Waals surface area contributed by atoms with Crippen molar-refractivity contribution in [1.29, 1.82) is 0 Å². The smallest absolute Gasteiger partial charge is 0.251 e. The maximum atomic E-state index is 12.2. The number of hydrogen-bond donors (Lipinski definition) is 1. The molecule has 0 saturated heterocycles. The quantitative estimate of drug-likeness (QED) is 0.925. The first-order valence-corrected chi connectivity index (χ1v) is 6.90. The second kappa shape index (κ2) is 5.87. The van der Waals surface area contributed by atoms with Crippen LogP contribution < -0.4 is 14.8 Å². The molecule has 110 valence electrons. The van der Waals surface area contributed by atoms with Crippen molar-refractivity contribution in [3.05, 3.63) is 42.2 Å². The van der Waals surface area contributed by atoms with Gasteiger partial charge in [0, 0.05) is 24.0 Å². The van der Waals surface area contributed by atoms with Gasteiger partial charge in [-0.15, -0.1) is 0 Å². The molecular weight excluding hydrogens is 270 g/mol. The molecule has 1 unspecified atom stereocenters. The summed E-state index contributed by atoms with van der Waals surface area (Å²) in [6.45, 7) is 3.62. The Morgan fingerprint density at radius 3 is 2.95 bits per heavy atom. The lowest BCUT2D eigenvalue weighted by atomic mass is 10.1. The molecule has 1 aromatic heterocycles. The number of benzene rings is 1. The Morgan fingerprint density at radius 2 is 2.19 bits per heavy atom. The van der Waals surface area contributed by atoms with Crippen molar-refractivity contribution in [2.75, 3.05) is 13.2 Å². The summed E-state index contributed by atoms with van der Waals surface area (Å²) in [5.74, 6) is 1.17. The summed E-state index contributed by atoms with van der Waals surface area (Å²) in [5.41, 5.74) is 0.562. The maximum absolute atomic E-state index is 12.2. The number of nitrogens with one attached hydrogen (secondary N) is 1. The third kappa shape index (κ3) is 3.16. The first-order valence-electron chi connectivity index (χ1n) is 6.90. The molecule has 0 fully saturated rings. The highest BCUT2D eigenvalue weighted by molar-refractivity contribution is 5.95. The Bertz CT molecular complexity index is 625. The lowest BCUT2D eigenvalue weighted by molar-refractivity contribution is 0.0934. The van der Waals surface area contributed by atoms with Gasteiger partial charge in [-0.2, -0.15) is 5.10 Å². The van der Waals surface area contributed by atoms with E-state index in [1.165, 1.54) is 0 Å². The summed E-state index contributed by atoms with van der Waals surface area (Å²) in [5, 5.41) is 7.07. The van der Waals surface area contributed by atoms with Gasteiger partial charge in [0.15, 0.2) is 11.5 Å². The van der Waals surface area contributed by atoms with Gasteiger partial charge in [-0.05, 0) is 31.2 Å². The van der Waals surface area contributed by atoms with Crippen molar-refractivity contribution < 1.29 is 14.3 Å². The second-order valence-corrected chi connectivity index (χ2v) is 4.96. The van der Waals surface area contributed by atoms with E-state index in [-0.39, 0.29) is 11.9 Å². The normalized spacial score (nSPS) is 14.5. The van der Waals surface area contributed by atoms with Gasteiger partial charge in [-0.25, -0.2) is 0 Å².